The van der Waals surface area contributed by atoms with Crippen LogP contribution in [0.3, 0.4) is 0 Å². The van der Waals surface area contributed by atoms with Gasteiger partial charge in [-0.05, 0) is 42.2 Å². The maximum Gasteiger partial charge on any atom is 0.254 e. The van der Waals surface area contributed by atoms with Gasteiger partial charge in [-0.1, -0.05) is 37.0 Å². The molecule has 4 rings (SSSR count). The molecule has 29 heavy (non-hydrogen) atoms. The second-order valence-corrected chi connectivity index (χ2v) is 8.68. The van der Waals surface area contributed by atoms with Gasteiger partial charge >= 0.3 is 0 Å². The average molecular weight is 434 g/mol. The van der Waals surface area contributed by atoms with Gasteiger partial charge in [0.15, 0.2) is 0 Å². The lowest BCUT2D eigenvalue weighted by atomic mass is 9.96. The molecule has 0 radical (unpaired) electrons. The van der Waals surface area contributed by atoms with E-state index in [-0.39, 0.29) is 5.91 Å². The highest BCUT2D eigenvalue weighted by atomic mass is 35.5. The Bertz CT molecular complexity index is 925. The minimum Gasteiger partial charge on any atom is -0.376 e. The number of carbonyl (C=O) groups is 1. The summed E-state index contributed by atoms with van der Waals surface area (Å²) in [4.78, 5) is 21.9. The zero-order valence-corrected chi connectivity index (χ0v) is 18.3. The fourth-order valence-corrected chi connectivity index (χ4v) is 4.26. The van der Waals surface area contributed by atoms with Crippen molar-refractivity contribution in [2.24, 2.45) is 0 Å². The predicted molar refractivity (Wildman–Crippen MR) is 116 cm³/mol. The first-order chi connectivity index (χ1) is 13.9. The number of halogens is 2. The van der Waals surface area contributed by atoms with Crippen molar-refractivity contribution in [2.75, 3.05) is 37.7 Å². The van der Waals surface area contributed by atoms with Crippen LogP contribution in [0.25, 0.3) is 0 Å². The molecule has 154 valence electrons. The van der Waals surface area contributed by atoms with Crippen molar-refractivity contribution in [3.8, 4) is 0 Å². The van der Waals surface area contributed by atoms with Gasteiger partial charge in [0, 0.05) is 37.3 Å². The first-order valence-electron chi connectivity index (χ1n) is 10.0. The largest absolute Gasteiger partial charge is 0.376 e. The van der Waals surface area contributed by atoms with Crippen molar-refractivity contribution in [1.29, 1.82) is 0 Å². The summed E-state index contributed by atoms with van der Waals surface area (Å²) < 4.78 is 5.65. The SMILES string of the molecule is CC(C)c1nc(N2CCN(C(=O)c3ccc(Cl)c(Cl)c3)CC2)cc2c1COCC2. The molecule has 1 amide bonds. The minimum atomic E-state index is -0.0124. The molecule has 1 fully saturated rings. The van der Waals surface area contributed by atoms with E-state index >= 15 is 0 Å². The van der Waals surface area contributed by atoms with Crippen LogP contribution in [0.5, 0.6) is 0 Å². The molecule has 2 aliphatic rings. The van der Waals surface area contributed by atoms with Gasteiger partial charge in [-0.3, -0.25) is 4.79 Å². The van der Waals surface area contributed by atoms with Gasteiger partial charge in [0.2, 0.25) is 0 Å². The van der Waals surface area contributed by atoms with Crippen LogP contribution in [0.15, 0.2) is 24.3 Å². The van der Waals surface area contributed by atoms with E-state index in [0.717, 1.165) is 37.6 Å². The summed E-state index contributed by atoms with van der Waals surface area (Å²) in [5.74, 6) is 1.35. The fraction of sp³-hybridized carbons (Fsp3) is 0.455. The van der Waals surface area contributed by atoms with Crippen molar-refractivity contribution >= 4 is 34.9 Å². The fourth-order valence-electron chi connectivity index (χ4n) is 3.97. The van der Waals surface area contributed by atoms with Crippen LogP contribution in [0.2, 0.25) is 10.0 Å². The smallest absolute Gasteiger partial charge is 0.254 e. The zero-order valence-electron chi connectivity index (χ0n) is 16.8. The topological polar surface area (TPSA) is 45.7 Å². The monoisotopic (exact) mass is 433 g/mol. The van der Waals surface area contributed by atoms with Gasteiger partial charge in [0.1, 0.15) is 5.82 Å². The van der Waals surface area contributed by atoms with E-state index in [1.54, 1.807) is 18.2 Å². The highest BCUT2D eigenvalue weighted by Crippen LogP contribution is 2.30. The van der Waals surface area contributed by atoms with Gasteiger partial charge in [-0.25, -0.2) is 4.98 Å². The van der Waals surface area contributed by atoms with Crippen LogP contribution in [0.1, 0.15) is 46.9 Å². The highest BCUT2D eigenvalue weighted by Gasteiger charge is 2.25. The molecule has 0 N–H and O–H groups in total. The Labute approximate surface area is 181 Å². The molecule has 3 heterocycles. The molecule has 2 aliphatic heterocycles. The molecule has 2 aromatic rings. The number of pyridine rings is 1. The minimum absolute atomic E-state index is 0.0124. The van der Waals surface area contributed by atoms with Crippen molar-refractivity contribution in [3.05, 3.63) is 56.7 Å². The Morgan fingerprint density at radius 3 is 2.55 bits per heavy atom. The van der Waals surface area contributed by atoms with Crippen molar-refractivity contribution in [1.82, 2.24) is 9.88 Å². The molecule has 1 saturated heterocycles. The molecular weight excluding hydrogens is 409 g/mol. The number of fused-ring (bicyclic) bond motifs is 1. The lowest BCUT2D eigenvalue weighted by molar-refractivity contribution is 0.0746. The van der Waals surface area contributed by atoms with Crippen molar-refractivity contribution in [2.45, 2.75) is 32.8 Å². The number of aromatic nitrogens is 1. The van der Waals surface area contributed by atoms with E-state index in [0.29, 0.717) is 41.2 Å². The number of benzene rings is 1. The van der Waals surface area contributed by atoms with Crippen LogP contribution in [0, 0.1) is 0 Å². The highest BCUT2D eigenvalue weighted by molar-refractivity contribution is 6.42. The van der Waals surface area contributed by atoms with Crippen molar-refractivity contribution < 1.29 is 9.53 Å². The molecule has 0 aliphatic carbocycles. The molecular formula is C22H25Cl2N3O2. The normalized spacial score (nSPS) is 16.9. The van der Waals surface area contributed by atoms with Crippen LogP contribution in [-0.2, 0) is 17.8 Å². The van der Waals surface area contributed by atoms with Gasteiger partial charge in [0.25, 0.3) is 5.91 Å². The number of nitrogens with zero attached hydrogens (tertiary/aromatic N) is 3. The van der Waals surface area contributed by atoms with Crippen LogP contribution < -0.4 is 4.90 Å². The van der Waals surface area contributed by atoms with E-state index in [1.165, 1.54) is 11.1 Å². The number of hydrogen-bond donors (Lipinski definition) is 0. The number of anilines is 1. The molecule has 1 aromatic carbocycles. The Balaban J connectivity index is 1.49. The number of piperazine rings is 1. The summed E-state index contributed by atoms with van der Waals surface area (Å²) in [6, 6.07) is 7.24. The first-order valence-corrected chi connectivity index (χ1v) is 10.8. The van der Waals surface area contributed by atoms with E-state index in [2.05, 4.69) is 24.8 Å². The second-order valence-electron chi connectivity index (χ2n) is 7.87. The number of carbonyl (C=O) groups excluding carboxylic acids is 1. The number of amides is 1. The summed E-state index contributed by atoms with van der Waals surface area (Å²) in [6.07, 6.45) is 0.931. The van der Waals surface area contributed by atoms with Gasteiger partial charge in [0.05, 0.1) is 29.0 Å². The van der Waals surface area contributed by atoms with Gasteiger partial charge < -0.3 is 14.5 Å². The van der Waals surface area contributed by atoms with Crippen LogP contribution in [-0.4, -0.2) is 48.6 Å². The molecule has 0 saturated carbocycles. The molecule has 0 spiro atoms. The maximum absolute atomic E-state index is 12.8. The number of hydrogen-bond acceptors (Lipinski definition) is 4. The van der Waals surface area contributed by atoms with E-state index in [1.807, 2.05) is 4.90 Å². The lowest BCUT2D eigenvalue weighted by Crippen LogP contribution is -2.49. The predicted octanol–water partition coefficient (Wildman–Crippen LogP) is 4.55. The standard InChI is InChI=1S/C22H25Cl2N3O2/c1-14(2)21-17-13-29-10-5-15(17)12-20(25-21)26-6-8-27(9-7-26)22(28)16-3-4-18(23)19(24)11-16/h3-4,11-12,14H,5-10,13H2,1-2H3. The number of rotatable bonds is 3. The summed E-state index contributed by atoms with van der Waals surface area (Å²) in [6.45, 7) is 8.58. The summed E-state index contributed by atoms with van der Waals surface area (Å²) in [5.41, 5.74) is 4.30. The first kappa shape index (κ1) is 20.5. The third-order valence-electron chi connectivity index (χ3n) is 5.60. The Hall–Kier alpha value is -1.82. The van der Waals surface area contributed by atoms with Crippen molar-refractivity contribution in [3.63, 3.8) is 0 Å². The number of ether oxygens (including phenoxy) is 1. The maximum atomic E-state index is 12.8. The summed E-state index contributed by atoms with van der Waals surface area (Å²) >= 11 is 12.0. The molecule has 0 atom stereocenters. The third kappa shape index (κ3) is 4.23. The lowest BCUT2D eigenvalue weighted by Gasteiger charge is -2.36. The Morgan fingerprint density at radius 1 is 1.10 bits per heavy atom. The summed E-state index contributed by atoms with van der Waals surface area (Å²) in [7, 11) is 0. The van der Waals surface area contributed by atoms with Crippen LogP contribution >= 0.6 is 23.2 Å². The third-order valence-corrected chi connectivity index (χ3v) is 6.34. The molecule has 1 aromatic heterocycles. The zero-order chi connectivity index (χ0) is 20.5. The molecule has 0 unspecified atom stereocenters. The summed E-state index contributed by atoms with van der Waals surface area (Å²) in [5, 5.41) is 0.859. The molecule has 7 heteroatoms. The Kier molecular flexibility index (Phi) is 6.00. The average Bonchev–Trinajstić information content (AvgIpc) is 2.74. The van der Waals surface area contributed by atoms with E-state index in [9.17, 15) is 4.79 Å². The molecule has 0 bridgehead atoms. The second kappa shape index (κ2) is 8.50. The Morgan fingerprint density at radius 2 is 1.86 bits per heavy atom. The van der Waals surface area contributed by atoms with Crippen LogP contribution in [0.4, 0.5) is 5.82 Å². The quantitative estimate of drug-likeness (QED) is 0.712. The van der Waals surface area contributed by atoms with Gasteiger partial charge in [-0.15, -0.1) is 0 Å². The molecule has 5 nitrogen and oxygen atoms in total. The van der Waals surface area contributed by atoms with Gasteiger partial charge in [-0.2, -0.15) is 0 Å². The van der Waals surface area contributed by atoms with E-state index in [4.69, 9.17) is 32.9 Å². The van der Waals surface area contributed by atoms with E-state index < -0.39 is 0 Å².